The Labute approximate surface area is 64.2 Å². The molecule has 1 rings (SSSR count). The molecule has 1 aromatic rings. The molecule has 0 saturated carbocycles. The van der Waals surface area contributed by atoms with Crippen LogP contribution in [0.3, 0.4) is 0 Å². The summed E-state index contributed by atoms with van der Waals surface area (Å²) in [6.07, 6.45) is 0. The maximum Gasteiger partial charge on any atom is 0.337 e. The second kappa shape index (κ2) is 3.05. The van der Waals surface area contributed by atoms with E-state index in [9.17, 15) is 9.90 Å². The van der Waals surface area contributed by atoms with Gasteiger partial charge in [-0.15, -0.1) is 0 Å². The van der Waals surface area contributed by atoms with E-state index in [-0.39, 0.29) is 5.75 Å². The minimum atomic E-state index is -0.484. The lowest BCUT2D eigenvalue weighted by Crippen LogP contribution is -1.99. The van der Waals surface area contributed by atoms with Crippen molar-refractivity contribution in [3.63, 3.8) is 0 Å². The lowest BCUT2D eigenvalue weighted by molar-refractivity contribution is 0.0600. The van der Waals surface area contributed by atoms with Crippen LogP contribution in [0, 0.1) is 0 Å². The summed E-state index contributed by atoms with van der Waals surface area (Å²) in [5.41, 5.74) is 0.292. The summed E-state index contributed by atoms with van der Waals surface area (Å²) in [5, 5.41) is 10.7. The molecule has 0 aliphatic heterocycles. The Kier molecular flexibility index (Phi) is 2.11. The van der Waals surface area contributed by atoms with Crippen LogP contribution in [0.2, 0.25) is 0 Å². The van der Waals surface area contributed by atoms with Crippen LogP contribution in [0.1, 0.15) is 10.4 Å². The fourth-order valence-corrected chi connectivity index (χ4v) is 0.741. The third-order valence-corrected chi connectivity index (χ3v) is 1.26. The van der Waals surface area contributed by atoms with Gasteiger partial charge in [0.05, 0.1) is 12.7 Å². The molecule has 0 aromatic heterocycles. The molecule has 0 spiro atoms. The van der Waals surface area contributed by atoms with Crippen LogP contribution in [-0.2, 0) is 9.84 Å². The predicted octanol–water partition coefficient (Wildman–Crippen LogP) is 1.62. The van der Waals surface area contributed by atoms with E-state index < -0.39 is 5.97 Å². The minimum absolute atomic E-state index is 0.187. The zero-order valence-electron chi connectivity index (χ0n) is 6.03. The minimum Gasteiger partial charge on any atom is -0.465 e. The summed E-state index contributed by atoms with van der Waals surface area (Å²) in [4.78, 5) is 10.8. The summed E-state index contributed by atoms with van der Waals surface area (Å²) in [6, 6.07) is 5.68. The lowest BCUT2D eigenvalue weighted by atomic mass is 10.2. The van der Waals surface area contributed by atoms with E-state index in [0.29, 0.717) is 5.56 Å². The molecule has 0 atom stereocenters. The van der Waals surface area contributed by atoms with Gasteiger partial charge < -0.3 is 4.74 Å². The van der Waals surface area contributed by atoms with Crippen molar-refractivity contribution in [2.45, 2.75) is 0 Å². The molecule has 1 aromatic carbocycles. The normalized spacial score (nSPS) is 9.18. The molecule has 3 nitrogen and oxygen atoms in total. The van der Waals surface area contributed by atoms with Crippen LogP contribution in [-0.4, -0.2) is 13.1 Å². The largest absolute Gasteiger partial charge is 0.465 e. The summed E-state index contributed by atoms with van der Waals surface area (Å²) in [6.45, 7) is 0. The number of hydrogen-bond acceptors (Lipinski definition) is 2. The van der Waals surface area contributed by atoms with Crippen molar-refractivity contribution in [3.05, 3.63) is 29.8 Å². The average Bonchev–Trinajstić information content (AvgIpc) is 2.03. The van der Waals surface area contributed by atoms with Crippen molar-refractivity contribution < 1.29 is 14.6 Å². The van der Waals surface area contributed by atoms with Crippen LogP contribution in [0.5, 0.6) is 5.75 Å². The van der Waals surface area contributed by atoms with Gasteiger partial charge in [0.1, 0.15) is 0 Å². The molecule has 0 saturated heterocycles. The van der Waals surface area contributed by atoms with E-state index in [2.05, 4.69) is 4.74 Å². The van der Waals surface area contributed by atoms with Crippen LogP contribution < -0.4 is 0 Å². The molecule has 0 aliphatic rings. The van der Waals surface area contributed by atoms with Gasteiger partial charge in [-0.3, -0.25) is 5.11 Å². The molecule has 0 bridgehead atoms. The van der Waals surface area contributed by atoms with Crippen molar-refractivity contribution >= 4 is 5.97 Å². The molecule has 0 N–H and O–H groups in total. The molecular weight excluding hydrogens is 144 g/mol. The third-order valence-electron chi connectivity index (χ3n) is 1.26. The van der Waals surface area contributed by atoms with Gasteiger partial charge in [-0.1, -0.05) is 6.07 Å². The zero-order valence-corrected chi connectivity index (χ0v) is 6.03. The highest BCUT2D eigenvalue weighted by Gasteiger charge is 2.04. The maximum absolute atomic E-state index is 10.8. The van der Waals surface area contributed by atoms with Crippen molar-refractivity contribution in [2.24, 2.45) is 0 Å². The van der Waals surface area contributed by atoms with Gasteiger partial charge in [0.25, 0.3) is 0 Å². The third kappa shape index (κ3) is 1.70. The van der Waals surface area contributed by atoms with Crippen molar-refractivity contribution in [1.82, 2.24) is 0 Å². The molecule has 0 fully saturated rings. The van der Waals surface area contributed by atoms with Crippen LogP contribution in [0.15, 0.2) is 24.3 Å². The smallest absolute Gasteiger partial charge is 0.337 e. The van der Waals surface area contributed by atoms with Gasteiger partial charge in [0.2, 0.25) is 0 Å². The first kappa shape index (κ1) is 7.60. The predicted molar refractivity (Wildman–Crippen MR) is 37.9 cm³/mol. The zero-order chi connectivity index (χ0) is 8.27. The first-order chi connectivity index (χ1) is 5.24. The van der Waals surface area contributed by atoms with Gasteiger partial charge in [-0.25, -0.2) is 4.79 Å². The standard InChI is InChI=1S/C8H7O3/c1-11-8(10)6-3-2-4-7(9)5-6/h2-5H,1H3. The topological polar surface area (TPSA) is 46.2 Å². The van der Waals surface area contributed by atoms with Gasteiger partial charge in [-0.05, 0) is 18.2 Å². The molecule has 57 valence electrons. The number of methoxy groups -OCH3 is 1. The van der Waals surface area contributed by atoms with E-state index in [0.717, 1.165) is 0 Å². The van der Waals surface area contributed by atoms with E-state index in [1.165, 1.54) is 31.4 Å². The van der Waals surface area contributed by atoms with Crippen molar-refractivity contribution in [3.8, 4) is 5.75 Å². The van der Waals surface area contributed by atoms with Crippen molar-refractivity contribution in [2.75, 3.05) is 7.11 Å². The number of benzene rings is 1. The molecule has 3 heteroatoms. The van der Waals surface area contributed by atoms with Crippen LogP contribution in [0.4, 0.5) is 0 Å². The fourth-order valence-electron chi connectivity index (χ4n) is 0.741. The summed E-state index contributed by atoms with van der Waals surface area (Å²) < 4.78 is 4.41. The Hall–Kier alpha value is -1.51. The Morgan fingerprint density at radius 2 is 2.18 bits per heavy atom. The number of rotatable bonds is 1. The molecule has 0 heterocycles. The Morgan fingerprint density at radius 3 is 2.73 bits per heavy atom. The second-order valence-electron chi connectivity index (χ2n) is 2.02. The Bertz CT molecular complexity index is 268. The van der Waals surface area contributed by atoms with E-state index in [1.807, 2.05) is 0 Å². The maximum atomic E-state index is 10.8. The molecule has 11 heavy (non-hydrogen) atoms. The summed E-state index contributed by atoms with van der Waals surface area (Å²) in [5.74, 6) is -0.671. The highest BCUT2D eigenvalue weighted by molar-refractivity contribution is 5.89. The fraction of sp³-hybridized carbons (Fsp3) is 0.125. The number of carbonyl (C=O) groups is 1. The number of ether oxygens (including phenoxy) is 1. The van der Waals surface area contributed by atoms with E-state index in [1.54, 1.807) is 0 Å². The monoisotopic (exact) mass is 151 g/mol. The first-order valence-electron chi connectivity index (χ1n) is 3.09. The molecule has 0 amide bonds. The van der Waals surface area contributed by atoms with Crippen LogP contribution in [0.25, 0.3) is 0 Å². The van der Waals surface area contributed by atoms with Gasteiger partial charge >= 0.3 is 5.97 Å². The molecular formula is C8H7O3. The number of hydrogen-bond donors (Lipinski definition) is 0. The Balaban J connectivity index is 2.96. The molecule has 0 aliphatic carbocycles. The van der Waals surface area contributed by atoms with E-state index >= 15 is 0 Å². The quantitative estimate of drug-likeness (QED) is 0.572. The van der Waals surface area contributed by atoms with Gasteiger partial charge in [0.15, 0.2) is 5.75 Å². The van der Waals surface area contributed by atoms with Gasteiger partial charge in [-0.2, -0.15) is 0 Å². The number of carbonyl (C=O) groups excluding carboxylic acids is 1. The average molecular weight is 151 g/mol. The van der Waals surface area contributed by atoms with Crippen molar-refractivity contribution in [1.29, 1.82) is 0 Å². The molecule has 0 unspecified atom stereocenters. The summed E-state index contributed by atoms with van der Waals surface area (Å²) in [7, 11) is 1.28. The Morgan fingerprint density at radius 1 is 1.45 bits per heavy atom. The first-order valence-corrected chi connectivity index (χ1v) is 3.09. The number of esters is 1. The SMILES string of the molecule is COC(=O)c1cccc([O])c1. The highest BCUT2D eigenvalue weighted by atomic mass is 16.5. The van der Waals surface area contributed by atoms with E-state index in [4.69, 9.17) is 0 Å². The van der Waals surface area contributed by atoms with Crippen LogP contribution >= 0.6 is 0 Å². The lowest BCUT2D eigenvalue weighted by Gasteiger charge is -1.96. The summed E-state index contributed by atoms with van der Waals surface area (Å²) >= 11 is 0. The second-order valence-corrected chi connectivity index (χ2v) is 2.02. The molecule has 1 radical (unpaired) electrons. The van der Waals surface area contributed by atoms with Gasteiger partial charge in [0, 0.05) is 0 Å². The highest BCUT2D eigenvalue weighted by Crippen LogP contribution is 2.11.